The minimum Gasteiger partial charge on any atom is -0.346 e. The van der Waals surface area contributed by atoms with Crippen LogP contribution in [0.2, 0.25) is 0 Å². The van der Waals surface area contributed by atoms with E-state index in [-0.39, 0.29) is 5.41 Å². The summed E-state index contributed by atoms with van der Waals surface area (Å²) in [5.41, 5.74) is 6.64. The van der Waals surface area contributed by atoms with Crippen LogP contribution in [-0.2, 0) is 10.2 Å². The molecule has 0 aromatic heterocycles. The molecule has 5 rings (SSSR count). The lowest BCUT2D eigenvalue weighted by atomic mass is 9.63. The number of fused-ring (bicyclic) bond motifs is 2. The summed E-state index contributed by atoms with van der Waals surface area (Å²) in [4.78, 5) is 14.6. The van der Waals surface area contributed by atoms with Crippen molar-refractivity contribution in [1.29, 1.82) is 0 Å². The van der Waals surface area contributed by atoms with Gasteiger partial charge in [-0.1, -0.05) is 29.8 Å². The molecular weight excluding hydrogens is 308 g/mol. The number of allylic oxidation sites excluding steroid dienone is 2. The Morgan fingerprint density at radius 3 is 2.84 bits per heavy atom. The third kappa shape index (κ3) is 1.63. The normalized spacial score (nSPS) is 40.1. The molecule has 130 valence electrons. The minimum absolute atomic E-state index is 0.0377. The molecule has 2 bridgehead atoms. The van der Waals surface area contributed by atoms with E-state index < -0.39 is 0 Å². The zero-order valence-corrected chi connectivity index (χ0v) is 15.5. The topological polar surface area (TPSA) is 20.3 Å². The molecule has 1 aromatic rings. The van der Waals surface area contributed by atoms with E-state index in [1.54, 1.807) is 0 Å². The van der Waals surface area contributed by atoms with Gasteiger partial charge in [0, 0.05) is 49.2 Å². The van der Waals surface area contributed by atoms with Crippen LogP contribution >= 0.6 is 0 Å². The Hall–Kier alpha value is -1.87. The highest BCUT2D eigenvalue weighted by atomic mass is 16.1. The number of para-hydroxylation sites is 1. The van der Waals surface area contributed by atoms with Gasteiger partial charge in [-0.3, -0.25) is 4.79 Å². The molecule has 3 nitrogen and oxygen atoms in total. The Bertz CT molecular complexity index is 838. The zero-order chi connectivity index (χ0) is 17.4. The van der Waals surface area contributed by atoms with E-state index in [1.807, 2.05) is 0 Å². The number of hydrogen-bond donors (Lipinski definition) is 0. The average molecular weight is 335 g/mol. The second-order valence-corrected chi connectivity index (χ2v) is 8.56. The number of quaternary nitrogens is 1. The summed E-state index contributed by atoms with van der Waals surface area (Å²) in [5.74, 6) is 0.311. The number of rotatable bonds is 1. The minimum atomic E-state index is 0.0377. The predicted molar refractivity (Wildman–Crippen MR) is 100 cm³/mol. The van der Waals surface area contributed by atoms with Gasteiger partial charge in [0.15, 0.2) is 0 Å². The molecule has 1 aliphatic carbocycles. The molecule has 25 heavy (non-hydrogen) atoms. The Balaban J connectivity index is 1.87. The number of carbonyl (C=O) groups is 1. The van der Waals surface area contributed by atoms with Crippen molar-refractivity contribution in [2.75, 3.05) is 32.1 Å². The van der Waals surface area contributed by atoms with Crippen molar-refractivity contribution in [3.8, 4) is 0 Å². The maximum absolute atomic E-state index is 12.3. The summed E-state index contributed by atoms with van der Waals surface area (Å²) in [6, 6.07) is 9.43. The summed E-state index contributed by atoms with van der Waals surface area (Å²) >= 11 is 0. The lowest BCUT2D eigenvalue weighted by Crippen LogP contribution is -2.56. The van der Waals surface area contributed by atoms with E-state index >= 15 is 0 Å². The van der Waals surface area contributed by atoms with E-state index in [4.69, 9.17) is 0 Å². The molecule has 3 heteroatoms. The second kappa shape index (κ2) is 4.85. The van der Waals surface area contributed by atoms with Crippen molar-refractivity contribution in [2.24, 2.45) is 5.92 Å². The van der Waals surface area contributed by atoms with Gasteiger partial charge < -0.3 is 9.38 Å². The summed E-state index contributed by atoms with van der Waals surface area (Å²) in [6.45, 7) is 4.56. The number of benzene rings is 1. The van der Waals surface area contributed by atoms with Crippen LogP contribution in [-0.4, -0.2) is 44.0 Å². The van der Waals surface area contributed by atoms with Gasteiger partial charge in [-0.25, -0.2) is 0 Å². The summed E-state index contributed by atoms with van der Waals surface area (Å²) in [6.07, 6.45) is 6.87. The lowest BCUT2D eigenvalue weighted by Gasteiger charge is -2.45. The number of nitrogens with zero attached hydrogens (tertiary/aromatic N) is 2. The van der Waals surface area contributed by atoms with Gasteiger partial charge in [0.25, 0.3) is 0 Å². The first kappa shape index (κ1) is 15.4. The Kier molecular flexibility index (Phi) is 2.99. The number of carbonyl (C=O) groups excluding carboxylic acids is 1. The van der Waals surface area contributed by atoms with E-state index in [0.29, 0.717) is 12.0 Å². The standard InChI is InChI=1S/C22H27N2O/c1-4-15-9-11-24(3)12-10-22-18-7-5-6-8-19(18)23(2)21(22)17(14-25)16(15)13-20(22)24/h4-8,14,16,20H,9-13H2,1-3H3/q+1/b15-4+/t16-,20+,22+,24-/m0/s1. The monoisotopic (exact) mass is 335 g/mol. The van der Waals surface area contributed by atoms with Crippen molar-refractivity contribution < 1.29 is 9.28 Å². The number of likely N-dealkylation sites (N-methyl/N-ethyl adjacent to an activating group) is 2. The molecule has 1 spiro atoms. The molecule has 3 aliphatic heterocycles. The van der Waals surface area contributed by atoms with Crippen LogP contribution in [0.4, 0.5) is 5.69 Å². The van der Waals surface area contributed by atoms with Crippen LogP contribution in [0.25, 0.3) is 0 Å². The maximum Gasteiger partial charge on any atom is 0.148 e. The van der Waals surface area contributed by atoms with Crippen molar-refractivity contribution >= 4 is 12.0 Å². The van der Waals surface area contributed by atoms with Gasteiger partial charge in [0.1, 0.15) is 12.3 Å². The summed E-state index contributed by atoms with van der Waals surface area (Å²) in [5, 5.41) is 0. The third-order valence-electron chi connectivity index (χ3n) is 7.81. The van der Waals surface area contributed by atoms with Gasteiger partial charge in [0.05, 0.1) is 25.6 Å². The fraction of sp³-hybridized carbons (Fsp3) is 0.500. The van der Waals surface area contributed by atoms with Gasteiger partial charge in [-0.2, -0.15) is 0 Å². The molecule has 1 aromatic carbocycles. The maximum atomic E-state index is 12.3. The van der Waals surface area contributed by atoms with Crippen LogP contribution in [0, 0.1) is 5.92 Å². The Morgan fingerprint density at radius 1 is 1.28 bits per heavy atom. The second-order valence-electron chi connectivity index (χ2n) is 8.56. The molecule has 0 radical (unpaired) electrons. The fourth-order valence-electron chi connectivity index (χ4n) is 6.65. The van der Waals surface area contributed by atoms with Crippen molar-refractivity contribution in [3.05, 3.63) is 52.7 Å². The van der Waals surface area contributed by atoms with Crippen molar-refractivity contribution in [2.45, 2.75) is 37.6 Å². The summed E-state index contributed by atoms with van der Waals surface area (Å²) in [7, 11) is 4.63. The highest BCUT2D eigenvalue weighted by molar-refractivity contribution is 5.85. The van der Waals surface area contributed by atoms with E-state index in [9.17, 15) is 4.79 Å². The smallest absolute Gasteiger partial charge is 0.148 e. The number of anilines is 1. The van der Waals surface area contributed by atoms with E-state index in [1.165, 1.54) is 48.3 Å². The first-order valence-electron chi connectivity index (χ1n) is 9.59. The SMILES string of the molecule is C/C=C1\CC[N@@+]2(C)CC[C@]34C(=C(C=O)[C@H]1C[C@H]32)N(C)c1ccccc14. The van der Waals surface area contributed by atoms with E-state index in [2.05, 4.69) is 56.3 Å². The van der Waals surface area contributed by atoms with Crippen LogP contribution in [0.1, 0.15) is 31.7 Å². The van der Waals surface area contributed by atoms with Crippen LogP contribution in [0.3, 0.4) is 0 Å². The predicted octanol–water partition coefficient (Wildman–Crippen LogP) is 3.42. The zero-order valence-electron chi connectivity index (χ0n) is 15.5. The molecule has 0 N–H and O–H groups in total. The molecule has 0 saturated carbocycles. The van der Waals surface area contributed by atoms with Gasteiger partial charge in [-0.05, 0) is 18.6 Å². The molecule has 4 atom stereocenters. The highest BCUT2D eigenvalue weighted by Gasteiger charge is 2.66. The van der Waals surface area contributed by atoms with Crippen LogP contribution in [0.15, 0.2) is 47.2 Å². The Labute approximate surface area is 150 Å². The quantitative estimate of drug-likeness (QED) is 0.445. The molecule has 3 heterocycles. The largest absolute Gasteiger partial charge is 0.346 e. The van der Waals surface area contributed by atoms with Crippen LogP contribution in [0.5, 0.6) is 0 Å². The molecule has 2 saturated heterocycles. The third-order valence-corrected chi connectivity index (χ3v) is 7.81. The molecule has 4 aliphatic rings. The number of aldehydes is 1. The molecule has 0 unspecified atom stereocenters. The molecule has 0 amide bonds. The van der Waals surface area contributed by atoms with Crippen molar-refractivity contribution in [3.63, 3.8) is 0 Å². The molecular formula is C22H27N2O+. The van der Waals surface area contributed by atoms with E-state index in [0.717, 1.165) is 22.9 Å². The first-order valence-corrected chi connectivity index (χ1v) is 9.59. The average Bonchev–Trinajstić information content (AvgIpc) is 3.02. The summed E-state index contributed by atoms with van der Waals surface area (Å²) < 4.78 is 1.16. The van der Waals surface area contributed by atoms with Crippen LogP contribution < -0.4 is 4.90 Å². The highest BCUT2D eigenvalue weighted by Crippen LogP contribution is 2.63. The van der Waals surface area contributed by atoms with Crippen molar-refractivity contribution in [1.82, 2.24) is 0 Å². The lowest BCUT2D eigenvalue weighted by molar-refractivity contribution is -0.922. The first-order chi connectivity index (χ1) is 12.1. The van der Waals surface area contributed by atoms with Gasteiger partial charge >= 0.3 is 0 Å². The number of hydrogen-bond acceptors (Lipinski definition) is 2. The van der Waals surface area contributed by atoms with Gasteiger partial charge in [-0.15, -0.1) is 0 Å². The molecule has 2 fully saturated rings. The van der Waals surface area contributed by atoms with Gasteiger partial charge in [0.2, 0.25) is 0 Å². The fourth-order valence-corrected chi connectivity index (χ4v) is 6.65. The Morgan fingerprint density at radius 2 is 2.08 bits per heavy atom.